The molecule has 2 N–H and O–H groups in total. The number of carbonyl (C=O) groups is 1. The Morgan fingerprint density at radius 2 is 1.81 bits per heavy atom. The lowest BCUT2D eigenvalue weighted by atomic mass is 9.99. The van der Waals surface area contributed by atoms with Crippen LogP contribution in [-0.4, -0.2) is 21.6 Å². The Hall–Kier alpha value is -2.90. The largest absolute Gasteiger partial charge is 0.325 e. The molecule has 0 bridgehead atoms. The highest BCUT2D eigenvalue weighted by atomic mass is 79.9. The van der Waals surface area contributed by atoms with E-state index in [2.05, 4.69) is 55.5 Å². The molecule has 1 amide bonds. The first kappa shape index (κ1) is 21.3. The molecule has 5 nitrogen and oxygen atoms in total. The topological polar surface area (TPSA) is 74.8 Å². The molecule has 1 heterocycles. The number of amides is 1. The molecule has 0 spiro atoms. The Bertz CT molecular complexity index is 1300. The van der Waals surface area contributed by atoms with Crippen LogP contribution in [0.3, 0.4) is 0 Å². The van der Waals surface area contributed by atoms with Crippen molar-refractivity contribution in [2.24, 2.45) is 0 Å². The molecule has 0 atom stereocenters. The second-order valence-corrected chi connectivity index (χ2v) is 8.98. The number of fused-ring (bicyclic) bond motifs is 1. The Balaban J connectivity index is 1.50. The predicted octanol–water partition coefficient (Wildman–Crippen LogP) is 5.32. The Labute approximate surface area is 192 Å². The van der Waals surface area contributed by atoms with Crippen LogP contribution in [0.5, 0.6) is 0 Å². The first-order valence-electron chi connectivity index (χ1n) is 9.74. The van der Waals surface area contributed by atoms with Gasteiger partial charge in [-0.2, -0.15) is 0 Å². The molecule has 0 saturated heterocycles. The van der Waals surface area contributed by atoms with Gasteiger partial charge in [-0.3, -0.25) is 9.59 Å². The number of benzene rings is 3. The second kappa shape index (κ2) is 9.49. The number of nitrogens with one attached hydrogen (secondary N) is 2. The molecule has 3 aromatic carbocycles. The predicted molar refractivity (Wildman–Crippen MR) is 130 cm³/mol. The highest BCUT2D eigenvalue weighted by Crippen LogP contribution is 2.22. The van der Waals surface area contributed by atoms with Gasteiger partial charge < -0.3 is 10.3 Å². The molecule has 4 aromatic rings. The second-order valence-electron chi connectivity index (χ2n) is 7.10. The fraction of sp³-hybridized carbons (Fsp3) is 0.125. The highest BCUT2D eigenvalue weighted by molar-refractivity contribution is 9.10. The summed E-state index contributed by atoms with van der Waals surface area (Å²) >= 11 is 4.58. The zero-order valence-corrected chi connectivity index (χ0v) is 19.2. The van der Waals surface area contributed by atoms with Gasteiger partial charge in [-0.15, -0.1) is 0 Å². The fourth-order valence-electron chi connectivity index (χ4n) is 3.29. The molecule has 0 saturated carbocycles. The first-order valence-corrected chi connectivity index (χ1v) is 11.5. The molecule has 4 rings (SSSR count). The van der Waals surface area contributed by atoms with E-state index in [4.69, 9.17) is 0 Å². The normalized spacial score (nSPS) is 10.9. The van der Waals surface area contributed by atoms with Gasteiger partial charge in [0, 0.05) is 22.1 Å². The summed E-state index contributed by atoms with van der Waals surface area (Å²) in [6.07, 6.45) is 0.551. The molecule has 0 radical (unpaired) electrons. The third-order valence-electron chi connectivity index (χ3n) is 4.94. The molecule has 0 unspecified atom stereocenters. The van der Waals surface area contributed by atoms with Crippen molar-refractivity contribution in [3.05, 3.63) is 98.4 Å². The molecular weight excluding hydrogens is 474 g/mol. The maximum absolute atomic E-state index is 12.5. The van der Waals surface area contributed by atoms with E-state index in [1.165, 1.54) is 11.8 Å². The van der Waals surface area contributed by atoms with Crippen LogP contribution in [0.1, 0.15) is 16.8 Å². The number of thioether (sulfide) groups is 1. The molecule has 31 heavy (non-hydrogen) atoms. The molecule has 7 heteroatoms. The smallest absolute Gasteiger partial charge is 0.254 e. The Kier molecular flexibility index (Phi) is 6.53. The van der Waals surface area contributed by atoms with E-state index < -0.39 is 0 Å². The number of halogens is 1. The minimum Gasteiger partial charge on any atom is -0.325 e. The lowest BCUT2D eigenvalue weighted by Crippen LogP contribution is -2.18. The monoisotopic (exact) mass is 493 g/mol. The number of rotatable bonds is 6. The van der Waals surface area contributed by atoms with Crippen LogP contribution in [-0.2, 0) is 11.2 Å². The maximum Gasteiger partial charge on any atom is 0.254 e. The highest BCUT2D eigenvalue weighted by Gasteiger charge is 2.12. The van der Waals surface area contributed by atoms with Crippen LogP contribution in [0.4, 0.5) is 5.69 Å². The fourth-order valence-corrected chi connectivity index (χ4v) is 4.23. The number of nitrogens with zero attached hydrogens (tertiary/aromatic N) is 1. The van der Waals surface area contributed by atoms with Gasteiger partial charge in [-0.05, 0) is 47.5 Å². The van der Waals surface area contributed by atoms with Gasteiger partial charge in [0.15, 0.2) is 5.16 Å². The summed E-state index contributed by atoms with van der Waals surface area (Å²) in [5.41, 5.74) is 2.97. The maximum atomic E-state index is 12.5. The van der Waals surface area contributed by atoms with Gasteiger partial charge >= 0.3 is 0 Å². The van der Waals surface area contributed by atoms with E-state index in [0.29, 0.717) is 17.1 Å². The summed E-state index contributed by atoms with van der Waals surface area (Å²) in [6, 6.07) is 21.7. The van der Waals surface area contributed by atoms with Crippen LogP contribution < -0.4 is 10.9 Å². The zero-order chi connectivity index (χ0) is 21.8. The number of H-pyrrole nitrogens is 1. The molecule has 0 fully saturated rings. The van der Waals surface area contributed by atoms with Crippen molar-refractivity contribution in [2.75, 3.05) is 11.1 Å². The van der Waals surface area contributed by atoms with Gasteiger partial charge in [-0.25, -0.2) is 4.98 Å². The summed E-state index contributed by atoms with van der Waals surface area (Å²) < 4.78 is 0.944. The van der Waals surface area contributed by atoms with E-state index in [1.807, 2.05) is 42.5 Å². The summed E-state index contributed by atoms with van der Waals surface area (Å²) in [6.45, 7) is 1.78. The van der Waals surface area contributed by atoms with E-state index in [1.54, 1.807) is 6.92 Å². The SMILES string of the molecule is Cc1c(Cc2cccc3ccccc23)nc(SCC(=O)Nc2ccc(Br)cc2)[nH]c1=O. The van der Waals surface area contributed by atoms with Crippen molar-refractivity contribution in [3.8, 4) is 0 Å². The number of carbonyl (C=O) groups excluding carboxylic acids is 1. The van der Waals surface area contributed by atoms with Crippen molar-refractivity contribution in [2.45, 2.75) is 18.5 Å². The minimum absolute atomic E-state index is 0.149. The first-order chi connectivity index (χ1) is 15.0. The van der Waals surface area contributed by atoms with Crippen LogP contribution in [0, 0.1) is 6.92 Å². The van der Waals surface area contributed by atoms with Crippen LogP contribution in [0.15, 0.2) is 81.2 Å². The third kappa shape index (κ3) is 5.24. The summed E-state index contributed by atoms with van der Waals surface area (Å²) in [4.78, 5) is 32.2. The van der Waals surface area contributed by atoms with Crippen molar-refractivity contribution in [1.82, 2.24) is 9.97 Å². The van der Waals surface area contributed by atoms with Crippen LogP contribution in [0.2, 0.25) is 0 Å². The van der Waals surface area contributed by atoms with Gasteiger partial charge in [0.1, 0.15) is 0 Å². The van der Waals surface area contributed by atoms with Crippen molar-refractivity contribution in [1.29, 1.82) is 0 Å². The lowest BCUT2D eigenvalue weighted by Gasteiger charge is -2.10. The molecule has 0 aliphatic rings. The van der Waals surface area contributed by atoms with Gasteiger partial charge in [-0.1, -0.05) is 70.2 Å². The number of aromatic nitrogens is 2. The quantitative estimate of drug-likeness (QED) is 0.281. The number of hydrogen-bond acceptors (Lipinski definition) is 4. The number of aromatic amines is 1. The Morgan fingerprint density at radius 3 is 2.61 bits per heavy atom. The summed E-state index contributed by atoms with van der Waals surface area (Å²) in [7, 11) is 0. The zero-order valence-electron chi connectivity index (χ0n) is 16.8. The molecule has 1 aromatic heterocycles. The van der Waals surface area contributed by atoms with E-state index in [9.17, 15) is 9.59 Å². The van der Waals surface area contributed by atoms with Crippen molar-refractivity contribution < 1.29 is 4.79 Å². The van der Waals surface area contributed by atoms with E-state index in [-0.39, 0.29) is 17.2 Å². The molecule has 156 valence electrons. The van der Waals surface area contributed by atoms with Crippen molar-refractivity contribution in [3.63, 3.8) is 0 Å². The number of hydrogen-bond donors (Lipinski definition) is 2. The minimum atomic E-state index is -0.180. The molecular formula is C24H20BrN3O2S. The van der Waals surface area contributed by atoms with E-state index in [0.717, 1.165) is 32.2 Å². The lowest BCUT2D eigenvalue weighted by molar-refractivity contribution is -0.113. The average molecular weight is 494 g/mol. The molecule has 0 aliphatic heterocycles. The van der Waals surface area contributed by atoms with Gasteiger partial charge in [0.25, 0.3) is 5.56 Å². The standard InChI is InChI=1S/C24H20BrN3O2S/c1-15-21(13-17-7-4-6-16-5-2-3-8-20(16)17)27-24(28-23(15)30)31-14-22(29)26-19-11-9-18(25)10-12-19/h2-12H,13-14H2,1H3,(H,26,29)(H,27,28,30). The summed E-state index contributed by atoms with van der Waals surface area (Å²) in [5, 5.41) is 5.58. The van der Waals surface area contributed by atoms with Crippen LogP contribution in [0.25, 0.3) is 10.8 Å². The number of anilines is 1. The molecule has 0 aliphatic carbocycles. The van der Waals surface area contributed by atoms with Gasteiger partial charge in [0.05, 0.1) is 11.4 Å². The Morgan fingerprint density at radius 1 is 1.06 bits per heavy atom. The third-order valence-corrected chi connectivity index (χ3v) is 6.34. The van der Waals surface area contributed by atoms with Crippen molar-refractivity contribution >= 4 is 50.1 Å². The van der Waals surface area contributed by atoms with Crippen LogP contribution >= 0.6 is 27.7 Å². The van der Waals surface area contributed by atoms with E-state index >= 15 is 0 Å². The summed E-state index contributed by atoms with van der Waals surface area (Å²) in [5.74, 6) is -0.0124. The van der Waals surface area contributed by atoms with Gasteiger partial charge in [0.2, 0.25) is 5.91 Å². The average Bonchev–Trinajstić information content (AvgIpc) is 2.77.